The summed E-state index contributed by atoms with van der Waals surface area (Å²) in [5.74, 6) is 1.63. The molecule has 5 heteroatoms. The first-order valence-corrected chi connectivity index (χ1v) is 7.52. The van der Waals surface area contributed by atoms with Crippen LogP contribution in [0.1, 0.15) is 0 Å². The number of fused-ring (bicyclic) bond motifs is 2. The average Bonchev–Trinajstić information content (AvgIpc) is 2.96. The maximum Gasteiger partial charge on any atom is 0.203 e. The van der Waals surface area contributed by atoms with E-state index in [0.29, 0.717) is 5.75 Å². The van der Waals surface area contributed by atoms with Crippen molar-refractivity contribution in [3.05, 3.63) is 54.9 Å². The van der Waals surface area contributed by atoms with Crippen LogP contribution >= 0.6 is 0 Å². The standard InChI is InChI=1S/C19H16N2O3/c1-23-14-5-3-12-11-21(19(22)15(12)10-14)13-4-6-17-16(9-13)18(24-2)7-8-20-17/h3-11,22H,1-2H3. The van der Waals surface area contributed by atoms with Gasteiger partial charge >= 0.3 is 0 Å². The van der Waals surface area contributed by atoms with Crippen molar-refractivity contribution >= 4 is 21.7 Å². The Labute approximate surface area is 138 Å². The van der Waals surface area contributed by atoms with Gasteiger partial charge in [-0.05, 0) is 42.5 Å². The van der Waals surface area contributed by atoms with Crippen molar-refractivity contribution in [1.82, 2.24) is 9.55 Å². The molecule has 2 heterocycles. The van der Waals surface area contributed by atoms with Crippen LogP contribution in [-0.2, 0) is 0 Å². The summed E-state index contributed by atoms with van der Waals surface area (Å²) in [6.45, 7) is 0. The normalized spacial score (nSPS) is 11.1. The minimum Gasteiger partial charge on any atom is -0.497 e. The highest BCUT2D eigenvalue weighted by molar-refractivity contribution is 5.91. The second-order valence-corrected chi connectivity index (χ2v) is 5.49. The van der Waals surface area contributed by atoms with Crippen LogP contribution in [0.4, 0.5) is 0 Å². The predicted molar refractivity (Wildman–Crippen MR) is 93.3 cm³/mol. The number of aromatic nitrogens is 2. The van der Waals surface area contributed by atoms with E-state index in [-0.39, 0.29) is 5.88 Å². The molecule has 0 aliphatic heterocycles. The fourth-order valence-corrected chi connectivity index (χ4v) is 2.93. The predicted octanol–water partition coefficient (Wildman–Crippen LogP) is 3.90. The van der Waals surface area contributed by atoms with Crippen molar-refractivity contribution < 1.29 is 14.6 Å². The summed E-state index contributed by atoms with van der Waals surface area (Å²) in [7, 11) is 3.24. The van der Waals surface area contributed by atoms with Crippen molar-refractivity contribution in [2.24, 2.45) is 0 Å². The molecule has 4 rings (SSSR count). The van der Waals surface area contributed by atoms with Crippen LogP contribution in [0.15, 0.2) is 54.9 Å². The molecule has 0 atom stereocenters. The van der Waals surface area contributed by atoms with Crippen molar-refractivity contribution in [3.8, 4) is 23.1 Å². The Morgan fingerprint density at radius 3 is 2.62 bits per heavy atom. The first kappa shape index (κ1) is 14.4. The van der Waals surface area contributed by atoms with E-state index in [4.69, 9.17) is 9.47 Å². The SMILES string of the molecule is COc1ccc2cn(-c3ccc4nccc(OC)c4c3)c(O)c2c1. The Balaban J connectivity index is 1.94. The molecule has 0 radical (unpaired) electrons. The molecule has 120 valence electrons. The molecule has 1 N–H and O–H groups in total. The zero-order valence-corrected chi connectivity index (χ0v) is 13.4. The van der Waals surface area contributed by atoms with Crippen molar-refractivity contribution in [2.45, 2.75) is 0 Å². The minimum absolute atomic E-state index is 0.172. The van der Waals surface area contributed by atoms with Crippen molar-refractivity contribution in [3.63, 3.8) is 0 Å². The number of aromatic hydroxyl groups is 1. The molecule has 2 aromatic heterocycles. The second kappa shape index (κ2) is 5.45. The summed E-state index contributed by atoms with van der Waals surface area (Å²) in [5, 5.41) is 13.2. The lowest BCUT2D eigenvalue weighted by atomic mass is 10.2. The van der Waals surface area contributed by atoms with Crippen molar-refractivity contribution in [1.29, 1.82) is 0 Å². The smallest absolute Gasteiger partial charge is 0.203 e. The largest absolute Gasteiger partial charge is 0.497 e. The number of hydrogen-bond acceptors (Lipinski definition) is 4. The molecule has 0 saturated carbocycles. The lowest BCUT2D eigenvalue weighted by Gasteiger charge is -2.09. The number of pyridine rings is 1. The van der Waals surface area contributed by atoms with E-state index in [9.17, 15) is 5.11 Å². The average molecular weight is 320 g/mol. The molecule has 4 aromatic rings. The van der Waals surface area contributed by atoms with E-state index in [2.05, 4.69) is 4.98 Å². The quantitative estimate of drug-likeness (QED) is 0.622. The van der Waals surface area contributed by atoms with Gasteiger partial charge in [0.1, 0.15) is 11.5 Å². The van der Waals surface area contributed by atoms with E-state index in [1.54, 1.807) is 25.0 Å². The van der Waals surface area contributed by atoms with E-state index in [1.165, 1.54) is 0 Å². The monoisotopic (exact) mass is 320 g/mol. The fourth-order valence-electron chi connectivity index (χ4n) is 2.93. The maximum atomic E-state index is 10.6. The highest BCUT2D eigenvalue weighted by Gasteiger charge is 2.12. The van der Waals surface area contributed by atoms with Gasteiger partial charge in [0.2, 0.25) is 5.88 Å². The Kier molecular flexibility index (Phi) is 3.27. The molecule has 0 spiro atoms. The van der Waals surface area contributed by atoms with Gasteiger partial charge in [0.05, 0.1) is 19.7 Å². The van der Waals surface area contributed by atoms with Crippen LogP contribution < -0.4 is 9.47 Å². The van der Waals surface area contributed by atoms with Gasteiger partial charge in [0.15, 0.2) is 0 Å². The summed E-state index contributed by atoms with van der Waals surface area (Å²) < 4.78 is 12.4. The van der Waals surface area contributed by atoms with Gasteiger partial charge in [-0.3, -0.25) is 9.55 Å². The van der Waals surface area contributed by atoms with Crippen LogP contribution in [0.25, 0.3) is 27.4 Å². The number of rotatable bonds is 3. The Morgan fingerprint density at radius 1 is 0.958 bits per heavy atom. The van der Waals surface area contributed by atoms with Crippen LogP contribution in [0.5, 0.6) is 17.4 Å². The van der Waals surface area contributed by atoms with E-state index < -0.39 is 0 Å². The lowest BCUT2D eigenvalue weighted by molar-refractivity contribution is 0.414. The van der Waals surface area contributed by atoms with Gasteiger partial charge in [-0.25, -0.2) is 0 Å². The fraction of sp³-hybridized carbons (Fsp3) is 0.105. The van der Waals surface area contributed by atoms with Crippen LogP contribution in [0.2, 0.25) is 0 Å². The number of hydrogen-bond donors (Lipinski definition) is 1. The number of benzene rings is 2. The van der Waals surface area contributed by atoms with E-state index >= 15 is 0 Å². The lowest BCUT2D eigenvalue weighted by Crippen LogP contribution is -1.93. The molecule has 0 saturated heterocycles. The highest BCUT2D eigenvalue weighted by Crippen LogP contribution is 2.34. The number of methoxy groups -OCH3 is 2. The van der Waals surface area contributed by atoms with Crippen LogP contribution in [0.3, 0.4) is 0 Å². The third kappa shape index (κ3) is 2.13. The number of nitrogens with zero attached hydrogens (tertiary/aromatic N) is 2. The summed E-state index contributed by atoms with van der Waals surface area (Å²) in [4.78, 5) is 4.34. The highest BCUT2D eigenvalue weighted by atomic mass is 16.5. The molecule has 0 fully saturated rings. The van der Waals surface area contributed by atoms with Crippen LogP contribution in [-0.4, -0.2) is 28.9 Å². The third-order valence-corrected chi connectivity index (χ3v) is 4.18. The topological polar surface area (TPSA) is 56.5 Å². The first-order valence-electron chi connectivity index (χ1n) is 7.52. The molecule has 0 unspecified atom stereocenters. The van der Waals surface area contributed by atoms with Gasteiger partial charge in [0.25, 0.3) is 0 Å². The summed E-state index contributed by atoms with van der Waals surface area (Å²) in [6, 6.07) is 13.2. The molecule has 0 aliphatic rings. The second-order valence-electron chi connectivity index (χ2n) is 5.49. The zero-order valence-electron chi connectivity index (χ0n) is 13.4. The molecule has 5 nitrogen and oxygen atoms in total. The molecule has 0 amide bonds. The van der Waals surface area contributed by atoms with Gasteiger partial charge in [-0.1, -0.05) is 0 Å². The molecular weight excluding hydrogens is 304 g/mol. The van der Waals surface area contributed by atoms with E-state index in [1.807, 2.05) is 48.7 Å². The molecule has 24 heavy (non-hydrogen) atoms. The molecule has 0 aliphatic carbocycles. The van der Waals surface area contributed by atoms with E-state index in [0.717, 1.165) is 33.1 Å². The summed E-state index contributed by atoms with van der Waals surface area (Å²) in [6.07, 6.45) is 3.61. The Bertz CT molecular complexity index is 1050. The zero-order chi connectivity index (χ0) is 16.7. The summed E-state index contributed by atoms with van der Waals surface area (Å²) >= 11 is 0. The van der Waals surface area contributed by atoms with Gasteiger partial charge < -0.3 is 14.6 Å². The van der Waals surface area contributed by atoms with Crippen LogP contribution in [0, 0.1) is 0 Å². The van der Waals surface area contributed by atoms with Crippen molar-refractivity contribution in [2.75, 3.05) is 14.2 Å². The summed E-state index contributed by atoms with van der Waals surface area (Å²) in [5.41, 5.74) is 1.68. The molecule has 0 bridgehead atoms. The maximum absolute atomic E-state index is 10.6. The van der Waals surface area contributed by atoms with Gasteiger partial charge in [0, 0.05) is 34.2 Å². The first-order chi connectivity index (χ1) is 11.7. The van der Waals surface area contributed by atoms with Gasteiger partial charge in [-0.15, -0.1) is 0 Å². The molecular formula is C19H16N2O3. The minimum atomic E-state index is 0.172. The Morgan fingerprint density at radius 2 is 1.83 bits per heavy atom. The van der Waals surface area contributed by atoms with Gasteiger partial charge in [-0.2, -0.15) is 0 Å². The third-order valence-electron chi connectivity index (χ3n) is 4.18. The number of ether oxygens (including phenoxy) is 2. The molecule has 2 aromatic carbocycles. The Hall–Kier alpha value is -3.21.